The van der Waals surface area contributed by atoms with Crippen molar-refractivity contribution in [3.63, 3.8) is 0 Å². The molecule has 0 aromatic rings. The summed E-state index contributed by atoms with van der Waals surface area (Å²) in [6, 6.07) is -0.965. The fourth-order valence-electron chi connectivity index (χ4n) is 2.01. The molecule has 2 amide bonds. The minimum absolute atomic E-state index is 0.273. The van der Waals surface area contributed by atoms with Crippen LogP contribution < -0.4 is 5.32 Å². The average Bonchev–Trinajstić information content (AvgIpc) is 2.86. The molecular formula is C12H23N3O3S. The molecule has 0 saturated carbocycles. The second kappa shape index (κ2) is 8.27. The van der Waals surface area contributed by atoms with Gasteiger partial charge in [0.2, 0.25) is 0 Å². The van der Waals surface area contributed by atoms with Gasteiger partial charge < -0.3 is 20.2 Å². The third-order valence-electron chi connectivity index (χ3n) is 3.12. The molecule has 0 radical (unpaired) electrons. The molecule has 1 rings (SSSR count). The van der Waals surface area contributed by atoms with Gasteiger partial charge in [-0.3, -0.25) is 0 Å². The SMILES string of the molecule is CCCN(CC)CCNC(=O)N1CSCC1C(=O)O. The Bertz CT molecular complexity index is 315. The highest BCUT2D eigenvalue weighted by molar-refractivity contribution is 7.99. The Balaban J connectivity index is 2.32. The van der Waals surface area contributed by atoms with Crippen molar-refractivity contribution in [3.05, 3.63) is 0 Å². The molecule has 1 saturated heterocycles. The largest absolute Gasteiger partial charge is 0.480 e. The van der Waals surface area contributed by atoms with Gasteiger partial charge in [0, 0.05) is 18.8 Å². The highest BCUT2D eigenvalue weighted by Gasteiger charge is 2.34. The number of carboxylic acid groups (broad SMARTS) is 1. The lowest BCUT2D eigenvalue weighted by atomic mass is 10.3. The predicted octanol–water partition coefficient (Wildman–Crippen LogP) is 0.887. The van der Waals surface area contributed by atoms with Crippen molar-refractivity contribution in [2.75, 3.05) is 37.8 Å². The van der Waals surface area contributed by atoms with E-state index >= 15 is 0 Å². The summed E-state index contributed by atoms with van der Waals surface area (Å²) in [5, 5.41) is 11.8. The number of amides is 2. The molecule has 1 heterocycles. The van der Waals surface area contributed by atoms with Crippen LogP contribution in [0.2, 0.25) is 0 Å². The summed E-state index contributed by atoms with van der Waals surface area (Å²) >= 11 is 1.47. The quantitative estimate of drug-likeness (QED) is 0.728. The third kappa shape index (κ3) is 4.91. The molecule has 6 nitrogen and oxygen atoms in total. The topological polar surface area (TPSA) is 72.9 Å². The number of nitrogens with zero attached hydrogens (tertiary/aromatic N) is 2. The Morgan fingerprint density at radius 3 is 2.74 bits per heavy atom. The van der Waals surface area contributed by atoms with Crippen LogP contribution in [0.25, 0.3) is 0 Å². The number of carboxylic acids is 1. The van der Waals surface area contributed by atoms with Crippen LogP contribution in [0.15, 0.2) is 0 Å². The lowest BCUT2D eigenvalue weighted by Gasteiger charge is -2.23. The summed E-state index contributed by atoms with van der Waals surface area (Å²) in [4.78, 5) is 26.5. The second-order valence-electron chi connectivity index (χ2n) is 4.49. The molecule has 7 heteroatoms. The van der Waals surface area contributed by atoms with Crippen LogP contribution in [0.5, 0.6) is 0 Å². The first-order valence-electron chi connectivity index (χ1n) is 6.67. The van der Waals surface area contributed by atoms with Gasteiger partial charge >= 0.3 is 12.0 Å². The van der Waals surface area contributed by atoms with E-state index in [4.69, 9.17) is 5.11 Å². The van der Waals surface area contributed by atoms with Crippen molar-refractivity contribution in [2.24, 2.45) is 0 Å². The molecule has 1 fully saturated rings. The van der Waals surface area contributed by atoms with E-state index in [-0.39, 0.29) is 6.03 Å². The minimum atomic E-state index is -0.929. The van der Waals surface area contributed by atoms with Crippen LogP contribution >= 0.6 is 11.8 Å². The molecule has 0 aromatic heterocycles. The fourth-order valence-corrected chi connectivity index (χ4v) is 3.16. The number of carbonyl (C=O) groups is 2. The fraction of sp³-hybridized carbons (Fsp3) is 0.833. The van der Waals surface area contributed by atoms with Crippen LogP contribution in [-0.2, 0) is 4.79 Å². The van der Waals surface area contributed by atoms with E-state index in [1.165, 1.54) is 16.7 Å². The summed E-state index contributed by atoms with van der Waals surface area (Å²) in [7, 11) is 0. The van der Waals surface area contributed by atoms with E-state index in [0.29, 0.717) is 18.2 Å². The number of thioether (sulfide) groups is 1. The van der Waals surface area contributed by atoms with Crippen molar-refractivity contribution >= 4 is 23.8 Å². The van der Waals surface area contributed by atoms with Crippen LogP contribution in [0, 0.1) is 0 Å². The van der Waals surface area contributed by atoms with Crippen molar-refractivity contribution in [3.8, 4) is 0 Å². The summed E-state index contributed by atoms with van der Waals surface area (Å²) < 4.78 is 0. The van der Waals surface area contributed by atoms with Gasteiger partial charge in [-0.25, -0.2) is 9.59 Å². The number of hydrogen-bond donors (Lipinski definition) is 2. The van der Waals surface area contributed by atoms with Gasteiger partial charge in [-0.05, 0) is 19.5 Å². The van der Waals surface area contributed by atoms with Crippen LogP contribution in [0.1, 0.15) is 20.3 Å². The summed E-state index contributed by atoms with van der Waals surface area (Å²) in [6.45, 7) is 7.55. The molecule has 0 aromatic carbocycles. The molecule has 19 heavy (non-hydrogen) atoms. The van der Waals surface area contributed by atoms with E-state index in [0.717, 1.165) is 26.1 Å². The maximum Gasteiger partial charge on any atom is 0.327 e. The summed E-state index contributed by atoms with van der Waals surface area (Å²) in [5.41, 5.74) is 0. The number of aliphatic carboxylic acids is 1. The first-order chi connectivity index (χ1) is 9.10. The molecule has 110 valence electrons. The van der Waals surface area contributed by atoms with Crippen LogP contribution in [0.4, 0.5) is 4.79 Å². The Kier molecular flexibility index (Phi) is 7.01. The normalized spacial score (nSPS) is 18.9. The van der Waals surface area contributed by atoms with Crippen LogP contribution in [0.3, 0.4) is 0 Å². The van der Waals surface area contributed by atoms with Gasteiger partial charge in [0.15, 0.2) is 0 Å². The van der Waals surface area contributed by atoms with E-state index < -0.39 is 12.0 Å². The predicted molar refractivity (Wildman–Crippen MR) is 76.4 cm³/mol. The van der Waals surface area contributed by atoms with Crippen molar-refractivity contribution < 1.29 is 14.7 Å². The Morgan fingerprint density at radius 2 is 2.16 bits per heavy atom. The molecular weight excluding hydrogens is 266 g/mol. The number of nitrogens with one attached hydrogen (secondary N) is 1. The number of urea groups is 1. The summed E-state index contributed by atoms with van der Waals surface area (Å²) in [5.74, 6) is -0.00381. The zero-order valence-electron chi connectivity index (χ0n) is 11.6. The maximum absolute atomic E-state index is 11.9. The second-order valence-corrected chi connectivity index (χ2v) is 5.49. The number of likely N-dealkylation sites (N-methyl/N-ethyl adjacent to an activating group) is 1. The Morgan fingerprint density at radius 1 is 1.42 bits per heavy atom. The number of rotatable bonds is 7. The lowest BCUT2D eigenvalue weighted by molar-refractivity contribution is -0.140. The van der Waals surface area contributed by atoms with Gasteiger partial charge in [0.25, 0.3) is 0 Å². The third-order valence-corrected chi connectivity index (χ3v) is 4.13. The molecule has 0 aliphatic carbocycles. The molecule has 1 atom stereocenters. The Hall–Kier alpha value is -0.950. The highest BCUT2D eigenvalue weighted by Crippen LogP contribution is 2.20. The zero-order valence-corrected chi connectivity index (χ0v) is 12.4. The van der Waals surface area contributed by atoms with Crippen molar-refractivity contribution in [2.45, 2.75) is 26.3 Å². The number of carbonyl (C=O) groups excluding carboxylic acids is 1. The Labute approximate surface area is 118 Å². The van der Waals surface area contributed by atoms with Crippen molar-refractivity contribution in [1.29, 1.82) is 0 Å². The molecule has 0 spiro atoms. The van der Waals surface area contributed by atoms with E-state index in [2.05, 4.69) is 24.1 Å². The first kappa shape index (κ1) is 16.1. The molecule has 0 bridgehead atoms. The van der Waals surface area contributed by atoms with Gasteiger partial charge in [-0.15, -0.1) is 11.8 Å². The lowest BCUT2D eigenvalue weighted by Crippen LogP contribution is -2.48. The van der Waals surface area contributed by atoms with Crippen molar-refractivity contribution in [1.82, 2.24) is 15.1 Å². The smallest absolute Gasteiger partial charge is 0.327 e. The van der Waals surface area contributed by atoms with E-state index in [1.54, 1.807) is 0 Å². The first-order valence-corrected chi connectivity index (χ1v) is 7.83. The van der Waals surface area contributed by atoms with E-state index in [1.807, 2.05) is 0 Å². The van der Waals surface area contributed by atoms with Gasteiger partial charge in [-0.2, -0.15) is 0 Å². The van der Waals surface area contributed by atoms with Gasteiger partial charge in [-0.1, -0.05) is 13.8 Å². The van der Waals surface area contributed by atoms with Gasteiger partial charge in [0.1, 0.15) is 6.04 Å². The number of hydrogen-bond acceptors (Lipinski definition) is 4. The van der Waals surface area contributed by atoms with Gasteiger partial charge in [0.05, 0.1) is 5.88 Å². The monoisotopic (exact) mass is 289 g/mol. The molecule has 1 aliphatic rings. The maximum atomic E-state index is 11.9. The standard InChI is InChI=1S/C12H23N3O3S/c1-3-6-14(4-2)7-5-13-12(18)15-9-19-8-10(15)11(16)17/h10H,3-9H2,1-2H3,(H,13,18)(H,16,17). The summed E-state index contributed by atoms with van der Waals surface area (Å²) in [6.07, 6.45) is 1.09. The highest BCUT2D eigenvalue weighted by atomic mass is 32.2. The minimum Gasteiger partial charge on any atom is -0.480 e. The molecule has 1 unspecified atom stereocenters. The van der Waals surface area contributed by atoms with Crippen LogP contribution in [-0.4, -0.2) is 70.8 Å². The molecule has 2 N–H and O–H groups in total. The average molecular weight is 289 g/mol. The zero-order chi connectivity index (χ0) is 14.3. The molecule has 1 aliphatic heterocycles. The van der Waals surface area contributed by atoms with E-state index in [9.17, 15) is 9.59 Å².